The zero-order valence-electron chi connectivity index (χ0n) is 14.2. The van der Waals surface area contributed by atoms with Crippen molar-refractivity contribution in [3.8, 4) is 11.5 Å². The van der Waals surface area contributed by atoms with Crippen LogP contribution < -0.4 is 10.6 Å². The van der Waals surface area contributed by atoms with E-state index in [0.29, 0.717) is 0 Å². The van der Waals surface area contributed by atoms with E-state index in [2.05, 4.69) is 0 Å². The molecule has 0 saturated carbocycles. The minimum atomic E-state index is -3.82. The summed E-state index contributed by atoms with van der Waals surface area (Å²) in [4.78, 5) is 0. The fraction of sp³-hybridized carbons (Fsp3) is 0.571. The topological polar surface area (TPSA) is 112 Å². The van der Waals surface area contributed by atoms with Gasteiger partial charge in [-0.1, -0.05) is 0 Å². The summed E-state index contributed by atoms with van der Waals surface area (Å²) in [6.07, 6.45) is 0. The van der Waals surface area contributed by atoms with Crippen molar-refractivity contribution in [2.24, 2.45) is 0 Å². The first-order valence-corrected chi connectivity index (χ1v) is 10.7. The molecular weight excluding hydrogens is 358 g/mol. The van der Waals surface area contributed by atoms with Gasteiger partial charge in [-0.2, -0.15) is 0 Å². The molecule has 1 aromatic rings. The Morgan fingerprint density at radius 2 is 0.958 bits per heavy atom. The van der Waals surface area contributed by atoms with Gasteiger partial charge in [-0.05, 0) is 39.8 Å². The lowest BCUT2D eigenvalue weighted by molar-refractivity contribution is 0.227. The van der Waals surface area contributed by atoms with Gasteiger partial charge < -0.3 is 28.3 Å². The molecule has 0 aliphatic heterocycles. The predicted octanol–water partition coefficient (Wildman–Crippen LogP) is 2.88. The number of phenolic OH excluding ortho intramolecular Hbond substituents is 2. The van der Waals surface area contributed by atoms with Gasteiger partial charge in [-0.15, -0.1) is 0 Å². The molecule has 2 N–H and O–H groups in total. The van der Waals surface area contributed by atoms with Crippen LogP contribution in [0.2, 0.25) is 0 Å². The van der Waals surface area contributed by atoms with Crippen molar-refractivity contribution in [3.05, 3.63) is 12.1 Å². The smallest absolute Gasteiger partial charge is 0.365 e. The lowest BCUT2D eigenvalue weighted by atomic mass is 10.3. The van der Waals surface area contributed by atoms with E-state index in [-0.39, 0.29) is 37.0 Å². The molecule has 24 heavy (non-hydrogen) atoms. The van der Waals surface area contributed by atoms with Crippen molar-refractivity contribution in [2.45, 2.75) is 27.7 Å². The first-order chi connectivity index (χ1) is 11.3. The molecule has 0 unspecified atom stereocenters. The molecule has 1 aromatic carbocycles. The minimum Gasteiger partial charge on any atom is -0.507 e. The Morgan fingerprint density at radius 1 is 0.708 bits per heavy atom. The fourth-order valence-corrected chi connectivity index (χ4v) is 5.34. The van der Waals surface area contributed by atoms with Crippen molar-refractivity contribution in [2.75, 3.05) is 26.4 Å². The summed E-state index contributed by atoms with van der Waals surface area (Å²) >= 11 is 0. The van der Waals surface area contributed by atoms with Crippen molar-refractivity contribution >= 4 is 25.8 Å². The second kappa shape index (κ2) is 8.99. The summed E-state index contributed by atoms with van der Waals surface area (Å²) < 4.78 is 46.1. The van der Waals surface area contributed by atoms with Crippen LogP contribution in [0.5, 0.6) is 11.5 Å². The van der Waals surface area contributed by atoms with Crippen LogP contribution in [0, 0.1) is 0 Å². The number of benzene rings is 1. The van der Waals surface area contributed by atoms with Crippen molar-refractivity contribution in [3.63, 3.8) is 0 Å². The molecule has 0 amide bonds. The van der Waals surface area contributed by atoms with Crippen molar-refractivity contribution in [1.82, 2.24) is 0 Å². The molecule has 0 spiro atoms. The van der Waals surface area contributed by atoms with Gasteiger partial charge >= 0.3 is 15.2 Å². The van der Waals surface area contributed by atoms with Crippen LogP contribution in [0.25, 0.3) is 0 Å². The second-order valence-electron chi connectivity index (χ2n) is 4.50. The maximum absolute atomic E-state index is 12.8. The highest BCUT2D eigenvalue weighted by molar-refractivity contribution is 7.63. The largest absolute Gasteiger partial charge is 0.507 e. The molecule has 0 saturated heterocycles. The van der Waals surface area contributed by atoms with Crippen LogP contribution in [-0.4, -0.2) is 36.6 Å². The second-order valence-corrected chi connectivity index (χ2v) is 8.48. The molecule has 10 heteroatoms. The Balaban J connectivity index is 3.45. The Hall–Kier alpha value is -0.880. The van der Waals surface area contributed by atoms with Gasteiger partial charge in [0.1, 0.15) is 22.1 Å². The molecule has 8 nitrogen and oxygen atoms in total. The van der Waals surface area contributed by atoms with Crippen LogP contribution in [0.4, 0.5) is 0 Å². The van der Waals surface area contributed by atoms with Crippen LogP contribution in [0.3, 0.4) is 0 Å². The first-order valence-electron chi connectivity index (χ1n) is 7.63. The number of hydrogen-bond donors (Lipinski definition) is 2. The van der Waals surface area contributed by atoms with Crippen LogP contribution in [-0.2, 0) is 27.2 Å². The molecule has 0 heterocycles. The maximum Gasteiger partial charge on any atom is 0.365 e. The third-order valence-electron chi connectivity index (χ3n) is 2.86. The third-order valence-corrected chi connectivity index (χ3v) is 7.15. The van der Waals surface area contributed by atoms with Crippen molar-refractivity contribution in [1.29, 1.82) is 0 Å². The molecule has 1 rings (SSSR count). The molecule has 0 aliphatic carbocycles. The van der Waals surface area contributed by atoms with E-state index in [9.17, 15) is 19.3 Å². The van der Waals surface area contributed by atoms with Gasteiger partial charge in [0.15, 0.2) is 0 Å². The molecule has 0 aliphatic rings. The number of hydrogen-bond acceptors (Lipinski definition) is 8. The summed E-state index contributed by atoms with van der Waals surface area (Å²) in [6.45, 7) is 6.80. The van der Waals surface area contributed by atoms with E-state index in [1.165, 1.54) is 0 Å². The van der Waals surface area contributed by atoms with Gasteiger partial charge in [0, 0.05) is 0 Å². The van der Waals surface area contributed by atoms with Crippen LogP contribution in [0.1, 0.15) is 27.7 Å². The average molecular weight is 382 g/mol. The quantitative estimate of drug-likeness (QED) is 0.469. The van der Waals surface area contributed by atoms with Gasteiger partial charge in [-0.3, -0.25) is 9.13 Å². The fourth-order valence-electron chi connectivity index (χ4n) is 2.03. The SMILES string of the molecule is CCOP(=O)(OCC)c1cc(O)c(P(=O)(OCC)OCC)cc1O. The van der Waals surface area contributed by atoms with E-state index in [1.54, 1.807) is 27.7 Å². The molecular formula is C14H24O8P2. The molecule has 0 radical (unpaired) electrons. The summed E-state index contributed by atoms with van der Waals surface area (Å²) in [5.74, 6) is -0.986. The Morgan fingerprint density at radius 3 is 1.17 bits per heavy atom. The third kappa shape index (κ3) is 4.60. The summed E-state index contributed by atoms with van der Waals surface area (Å²) in [5, 5.41) is 20.0. The predicted molar refractivity (Wildman–Crippen MR) is 90.8 cm³/mol. The summed E-state index contributed by atoms with van der Waals surface area (Å²) in [5.41, 5.74) is 0. The first kappa shape index (κ1) is 21.2. The van der Waals surface area contributed by atoms with E-state index in [0.717, 1.165) is 12.1 Å². The zero-order valence-corrected chi connectivity index (χ0v) is 16.0. The van der Waals surface area contributed by atoms with E-state index in [4.69, 9.17) is 18.1 Å². The number of aromatic hydroxyl groups is 2. The van der Waals surface area contributed by atoms with E-state index in [1.807, 2.05) is 0 Å². The highest BCUT2D eigenvalue weighted by Gasteiger charge is 2.36. The summed E-state index contributed by atoms with van der Waals surface area (Å²) in [7, 11) is -7.64. The Labute approximate surface area is 141 Å². The highest BCUT2D eigenvalue weighted by Crippen LogP contribution is 2.53. The Bertz CT molecular complexity index is 570. The lowest BCUT2D eigenvalue weighted by Gasteiger charge is -2.21. The number of phenols is 2. The molecule has 0 bridgehead atoms. The number of rotatable bonds is 10. The van der Waals surface area contributed by atoms with Crippen molar-refractivity contribution < 1.29 is 37.4 Å². The molecule has 138 valence electrons. The molecule has 0 atom stereocenters. The summed E-state index contributed by atoms with van der Waals surface area (Å²) in [6, 6.07) is 2.00. The minimum absolute atomic E-state index is 0.0790. The van der Waals surface area contributed by atoms with Gasteiger partial charge in [0.25, 0.3) is 0 Å². The van der Waals surface area contributed by atoms with E-state index >= 15 is 0 Å². The molecule has 0 aromatic heterocycles. The average Bonchev–Trinajstić information content (AvgIpc) is 2.50. The molecule has 0 fully saturated rings. The zero-order chi connectivity index (χ0) is 18.4. The van der Waals surface area contributed by atoms with Crippen LogP contribution >= 0.6 is 15.2 Å². The van der Waals surface area contributed by atoms with Crippen LogP contribution in [0.15, 0.2) is 12.1 Å². The normalized spacial score (nSPS) is 12.5. The lowest BCUT2D eigenvalue weighted by Crippen LogP contribution is -2.17. The van der Waals surface area contributed by atoms with E-state index < -0.39 is 26.7 Å². The standard InChI is InChI=1S/C14H24O8P2/c1-5-19-23(17,20-6-2)13-9-12(16)14(10-11(13)15)24(18,21-7-3)22-8-4/h9-10,15-16H,5-8H2,1-4H3. The Kier molecular flexibility index (Phi) is 7.93. The van der Waals surface area contributed by atoms with Gasteiger partial charge in [0.05, 0.1) is 26.4 Å². The van der Waals surface area contributed by atoms with Gasteiger partial charge in [-0.25, -0.2) is 0 Å². The maximum atomic E-state index is 12.8. The highest BCUT2D eigenvalue weighted by atomic mass is 31.2. The van der Waals surface area contributed by atoms with Gasteiger partial charge in [0.2, 0.25) is 0 Å². The monoisotopic (exact) mass is 382 g/mol.